The van der Waals surface area contributed by atoms with E-state index in [0.29, 0.717) is 5.75 Å². The van der Waals surface area contributed by atoms with Gasteiger partial charge in [-0.15, -0.1) is 0 Å². The summed E-state index contributed by atoms with van der Waals surface area (Å²) >= 11 is 0. The number of aromatic hydroxyl groups is 1. The average Bonchev–Trinajstić information content (AvgIpc) is 2.35. The standard InChI is InChI=1S/C16H18O/c1-3-13-8-9-16(17)15(10-13)11-14-6-4-12(2)5-7-14/h4-10,17H,3,11H2,1-2H3. The van der Waals surface area contributed by atoms with Gasteiger partial charge >= 0.3 is 0 Å². The predicted molar refractivity (Wildman–Crippen MR) is 71.5 cm³/mol. The van der Waals surface area contributed by atoms with Crippen LogP contribution in [-0.2, 0) is 12.8 Å². The van der Waals surface area contributed by atoms with Crippen molar-refractivity contribution in [1.82, 2.24) is 0 Å². The van der Waals surface area contributed by atoms with Crippen molar-refractivity contribution in [2.45, 2.75) is 26.7 Å². The molecule has 2 rings (SSSR count). The van der Waals surface area contributed by atoms with Crippen LogP contribution in [0.2, 0.25) is 0 Å². The molecule has 0 saturated carbocycles. The average molecular weight is 226 g/mol. The van der Waals surface area contributed by atoms with E-state index in [4.69, 9.17) is 0 Å². The van der Waals surface area contributed by atoms with Crippen molar-refractivity contribution in [3.63, 3.8) is 0 Å². The van der Waals surface area contributed by atoms with Crippen LogP contribution in [0.4, 0.5) is 0 Å². The van der Waals surface area contributed by atoms with E-state index >= 15 is 0 Å². The van der Waals surface area contributed by atoms with Gasteiger partial charge in [-0.2, -0.15) is 0 Å². The van der Waals surface area contributed by atoms with E-state index < -0.39 is 0 Å². The summed E-state index contributed by atoms with van der Waals surface area (Å²) < 4.78 is 0. The van der Waals surface area contributed by atoms with Gasteiger partial charge in [0.05, 0.1) is 0 Å². The predicted octanol–water partition coefficient (Wildman–Crippen LogP) is 3.85. The molecule has 1 N–H and O–H groups in total. The lowest BCUT2D eigenvalue weighted by molar-refractivity contribution is 0.469. The molecular formula is C16H18O. The molecule has 0 aliphatic carbocycles. The van der Waals surface area contributed by atoms with Gasteiger partial charge in [0.15, 0.2) is 0 Å². The molecule has 0 amide bonds. The van der Waals surface area contributed by atoms with E-state index in [1.807, 2.05) is 6.07 Å². The van der Waals surface area contributed by atoms with Crippen molar-refractivity contribution in [2.75, 3.05) is 0 Å². The lowest BCUT2D eigenvalue weighted by Gasteiger charge is -2.07. The van der Waals surface area contributed by atoms with Gasteiger partial charge in [-0.25, -0.2) is 0 Å². The highest BCUT2D eigenvalue weighted by molar-refractivity contribution is 5.40. The Balaban J connectivity index is 2.25. The minimum absolute atomic E-state index is 0.391. The van der Waals surface area contributed by atoms with Gasteiger partial charge in [0.2, 0.25) is 0 Å². The van der Waals surface area contributed by atoms with Gasteiger partial charge in [0, 0.05) is 6.42 Å². The zero-order valence-corrected chi connectivity index (χ0v) is 10.4. The summed E-state index contributed by atoms with van der Waals surface area (Å²) in [5.41, 5.74) is 4.78. The lowest BCUT2D eigenvalue weighted by Crippen LogP contribution is -1.91. The third-order valence-electron chi connectivity index (χ3n) is 3.07. The fourth-order valence-electron chi connectivity index (χ4n) is 1.93. The molecule has 17 heavy (non-hydrogen) atoms. The minimum Gasteiger partial charge on any atom is -0.508 e. The van der Waals surface area contributed by atoms with Gasteiger partial charge < -0.3 is 5.11 Å². The van der Waals surface area contributed by atoms with Gasteiger partial charge in [0.25, 0.3) is 0 Å². The molecule has 0 atom stereocenters. The zero-order valence-electron chi connectivity index (χ0n) is 10.4. The quantitative estimate of drug-likeness (QED) is 0.842. The van der Waals surface area contributed by atoms with E-state index in [0.717, 1.165) is 18.4 Å². The highest BCUT2D eigenvalue weighted by Crippen LogP contribution is 2.22. The van der Waals surface area contributed by atoms with E-state index in [2.05, 4.69) is 44.2 Å². The van der Waals surface area contributed by atoms with Crippen molar-refractivity contribution in [1.29, 1.82) is 0 Å². The maximum Gasteiger partial charge on any atom is 0.119 e. The highest BCUT2D eigenvalue weighted by Gasteiger charge is 2.03. The number of benzene rings is 2. The van der Waals surface area contributed by atoms with Crippen LogP contribution in [0.3, 0.4) is 0 Å². The SMILES string of the molecule is CCc1ccc(O)c(Cc2ccc(C)cc2)c1. The van der Waals surface area contributed by atoms with E-state index in [9.17, 15) is 5.11 Å². The number of phenolic OH excluding ortho intramolecular Hbond substituents is 1. The fraction of sp³-hybridized carbons (Fsp3) is 0.250. The van der Waals surface area contributed by atoms with Crippen LogP contribution >= 0.6 is 0 Å². The molecule has 0 unspecified atom stereocenters. The number of aryl methyl sites for hydroxylation is 2. The Hall–Kier alpha value is -1.76. The molecule has 0 aromatic heterocycles. The molecule has 0 fully saturated rings. The number of hydrogen-bond donors (Lipinski definition) is 1. The molecule has 0 bridgehead atoms. The molecule has 1 nitrogen and oxygen atoms in total. The molecule has 0 radical (unpaired) electrons. The third kappa shape index (κ3) is 2.88. The molecule has 0 saturated heterocycles. The summed E-state index contributed by atoms with van der Waals surface area (Å²) in [5.74, 6) is 0.391. The minimum atomic E-state index is 0.391. The van der Waals surface area contributed by atoms with Gasteiger partial charge in [0.1, 0.15) is 5.75 Å². The third-order valence-corrected chi connectivity index (χ3v) is 3.07. The van der Waals surface area contributed by atoms with Crippen LogP contribution in [0.15, 0.2) is 42.5 Å². The van der Waals surface area contributed by atoms with E-state index in [-0.39, 0.29) is 0 Å². The molecule has 0 heterocycles. The van der Waals surface area contributed by atoms with Gasteiger partial charge in [-0.05, 0) is 36.1 Å². The van der Waals surface area contributed by atoms with Crippen molar-refractivity contribution in [3.05, 3.63) is 64.7 Å². The van der Waals surface area contributed by atoms with E-state index in [1.54, 1.807) is 6.07 Å². The molecule has 2 aromatic carbocycles. The second-order valence-corrected chi connectivity index (χ2v) is 4.48. The Bertz CT molecular complexity index is 497. The Morgan fingerprint density at radius 2 is 1.59 bits per heavy atom. The van der Waals surface area contributed by atoms with Crippen molar-refractivity contribution in [3.8, 4) is 5.75 Å². The van der Waals surface area contributed by atoms with Crippen LogP contribution < -0.4 is 0 Å². The largest absolute Gasteiger partial charge is 0.508 e. The van der Waals surface area contributed by atoms with Crippen LogP contribution in [0, 0.1) is 6.92 Å². The number of hydrogen-bond acceptors (Lipinski definition) is 1. The molecular weight excluding hydrogens is 208 g/mol. The highest BCUT2D eigenvalue weighted by atomic mass is 16.3. The fourth-order valence-corrected chi connectivity index (χ4v) is 1.93. The van der Waals surface area contributed by atoms with E-state index in [1.165, 1.54) is 16.7 Å². The first-order valence-corrected chi connectivity index (χ1v) is 6.05. The first-order valence-electron chi connectivity index (χ1n) is 6.05. The molecule has 88 valence electrons. The van der Waals surface area contributed by atoms with Crippen LogP contribution in [0.1, 0.15) is 29.2 Å². The van der Waals surface area contributed by atoms with Crippen molar-refractivity contribution >= 4 is 0 Å². The Kier molecular flexibility index (Phi) is 3.48. The molecule has 0 spiro atoms. The second kappa shape index (κ2) is 5.05. The number of rotatable bonds is 3. The van der Waals surface area contributed by atoms with Crippen LogP contribution in [-0.4, -0.2) is 5.11 Å². The molecule has 0 aliphatic heterocycles. The maximum atomic E-state index is 9.85. The summed E-state index contributed by atoms with van der Waals surface area (Å²) in [6, 6.07) is 14.3. The van der Waals surface area contributed by atoms with Gasteiger partial charge in [-0.1, -0.05) is 48.9 Å². The Morgan fingerprint density at radius 3 is 2.24 bits per heavy atom. The Morgan fingerprint density at radius 1 is 0.941 bits per heavy atom. The summed E-state index contributed by atoms with van der Waals surface area (Å²) in [7, 11) is 0. The van der Waals surface area contributed by atoms with Gasteiger partial charge in [-0.3, -0.25) is 0 Å². The van der Waals surface area contributed by atoms with Crippen molar-refractivity contribution in [2.24, 2.45) is 0 Å². The maximum absolute atomic E-state index is 9.85. The van der Waals surface area contributed by atoms with Crippen LogP contribution in [0.5, 0.6) is 5.75 Å². The number of phenols is 1. The lowest BCUT2D eigenvalue weighted by atomic mass is 10.0. The first kappa shape index (κ1) is 11.7. The summed E-state index contributed by atoms with van der Waals surface area (Å²) in [6.45, 7) is 4.21. The molecule has 0 aliphatic rings. The Labute approximate surface area is 103 Å². The monoisotopic (exact) mass is 226 g/mol. The first-order chi connectivity index (χ1) is 8.19. The second-order valence-electron chi connectivity index (χ2n) is 4.48. The van der Waals surface area contributed by atoms with Crippen molar-refractivity contribution < 1.29 is 5.11 Å². The summed E-state index contributed by atoms with van der Waals surface area (Å²) in [4.78, 5) is 0. The molecule has 2 aromatic rings. The van der Waals surface area contributed by atoms with Crippen LogP contribution in [0.25, 0.3) is 0 Å². The zero-order chi connectivity index (χ0) is 12.3. The summed E-state index contributed by atoms with van der Waals surface area (Å²) in [5, 5.41) is 9.85. The smallest absolute Gasteiger partial charge is 0.119 e. The topological polar surface area (TPSA) is 20.2 Å². The molecule has 1 heteroatoms. The summed E-state index contributed by atoms with van der Waals surface area (Å²) in [6.07, 6.45) is 1.79. The normalized spacial score (nSPS) is 10.5.